The number of thiazole rings is 1. The maximum absolute atomic E-state index is 13.3. The second-order valence-electron chi connectivity index (χ2n) is 8.05. The van der Waals surface area contributed by atoms with Gasteiger partial charge in [0.05, 0.1) is 28.2 Å². The number of para-hydroxylation sites is 1. The van der Waals surface area contributed by atoms with Crippen LogP contribution in [0.4, 0.5) is 0 Å². The second-order valence-corrected chi connectivity index (χ2v) is 10.3. The van der Waals surface area contributed by atoms with Gasteiger partial charge < -0.3 is 4.90 Å². The van der Waals surface area contributed by atoms with Gasteiger partial charge in [0.1, 0.15) is 0 Å². The molecule has 3 aromatic rings. The zero-order valence-electron chi connectivity index (χ0n) is 16.8. The van der Waals surface area contributed by atoms with Crippen LogP contribution in [-0.4, -0.2) is 37.4 Å². The van der Waals surface area contributed by atoms with Crippen LogP contribution >= 0.6 is 23.1 Å². The van der Waals surface area contributed by atoms with Gasteiger partial charge >= 0.3 is 0 Å². The highest BCUT2D eigenvalue weighted by atomic mass is 32.2. The van der Waals surface area contributed by atoms with Crippen molar-refractivity contribution < 1.29 is 4.79 Å². The first kappa shape index (κ1) is 19.1. The van der Waals surface area contributed by atoms with Gasteiger partial charge in [0.25, 0.3) is 0 Å². The predicted molar refractivity (Wildman–Crippen MR) is 118 cm³/mol. The number of aryl methyl sites for hydroxylation is 1. The molecule has 152 valence electrons. The number of aromatic nitrogens is 3. The third kappa shape index (κ3) is 3.82. The van der Waals surface area contributed by atoms with Gasteiger partial charge in [-0.2, -0.15) is 5.10 Å². The maximum atomic E-state index is 13.3. The molecule has 0 saturated heterocycles. The highest BCUT2D eigenvalue weighted by molar-refractivity contribution is 8.01. The topological polar surface area (TPSA) is 51.0 Å². The highest BCUT2D eigenvalue weighted by Crippen LogP contribution is 2.32. The average Bonchev–Trinajstić information content (AvgIpc) is 3.50. The van der Waals surface area contributed by atoms with Crippen molar-refractivity contribution in [2.24, 2.45) is 7.05 Å². The largest absolute Gasteiger partial charge is 0.333 e. The molecule has 7 heteroatoms. The van der Waals surface area contributed by atoms with E-state index in [1.165, 1.54) is 35.2 Å². The van der Waals surface area contributed by atoms with Crippen LogP contribution in [0.5, 0.6) is 0 Å². The lowest BCUT2D eigenvalue weighted by atomic mass is 10.1. The van der Waals surface area contributed by atoms with Gasteiger partial charge in [-0.3, -0.25) is 9.48 Å². The molecule has 1 fully saturated rings. The molecule has 2 aliphatic rings. The zero-order valence-corrected chi connectivity index (χ0v) is 18.4. The van der Waals surface area contributed by atoms with E-state index in [1.54, 1.807) is 23.1 Å². The summed E-state index contributed by atoms with van der Waals surface area (Å²) >= 11 is 3.25. The van der Waals surface area contributed by atoms with Crippen LogP contribution in [0.25, 0.3) is 10.2 Å². The molecule has 1 aromatic carbocycles. The molecule has 0 spiro atoms. The SMILES string of the molecule is Cn1nc(CN(C(=O)CSc2nc3ccccc3s2)C2CCCC2)c2c1CCC2. The molecular formula is C22H26N4OS2. The number of benzene rings is 1. The number of rotatable bonds is 6. The van der Waals surface area contributed by atoms with E-state index < -0.39 is 0 Å². The molecule has 0 unspecified atom stereocenters. The number of nitrogens with zero attached hydrogens (tertiary/aromatic N) is 4. The summed E-state index contributed by atoms with van der Waals surface area (Å²) in [6.45, 7) is 0.660. The zero-order chi connectivity index (χ0) is 19.8. The molecule has 0 bridgehead atoms. The molecule has 0 radical (unpaired) electrons. The Labute approximate surface area is 179 Å². The van der Waals surface area contributed by atoms with Crippen LogP contribution in [0.15, 0.2) is 28.6 Å². The van der Waals surface area contributed by atoms with Crippen molar-refractivity contribution in [1.82, 2.24) is 19.7 Å². The molecule has 2 aliphatic carbocycles. The maximum Gasteiger partial charge on any atom is 0.233 e. The second kappa shape index (κ2) is 8.11. The van der Waals surface area contributed by atoms with Gasteiger partial charge in [0.15, 0.2) is 4.34 Å². The van der Waals surface area contributed by atoms with Crippen molar-refractivity contribution in [2.45, 2.75) is 61.9 Å². The molecule has 0 aliphatic heterocycles. The van der Waals surface area contributed by atoms with E-state index in [-0.39, 0.29) is 5.91 Å². The number of thioether (sulfide) groups is 1. The summed E-state index contributed by atoms with van der Waals surface area (Å²) in [5, 5.41) is 4.78. The Kier molecular flexibility index (Phi) is 5.35. The first-order chi connectivity index (χ1) is 14.2. The van der Waals surface area contributed by atoms with E-state index in [0.717, 1.165) is 41.2 Å². The van der Waals surface area contributed by atoms with Crippen LogP contribution < -0.4 is 0 Å². The van der Waals surface area contributed by atoms with E-state index in [9.17, 15) is 4.79 Å². The fourth-order valence-electron chi connectivity index (χ4n) is 4.74. The first-order valence-electron chi connectivity index (χ1n) is 10.5. The first-order valence-corrected chi connectivity index (χ1v) is 12.3. The van der Waals surface area contributed by atoms with Crippen LogP contribution in [0, 0.1) is 0 Å². The van der Waals surface area contributed by atoms with Crippen molar-refractivity contribution in [3.05, 3.63) is 41.2 Å². The van der Waals surface area contributed by atoms with E-state index in [0.29, 0.717) is 18.3 Å². The summed E-state index contributed by atoms with van der Waals surface area (Å²) in [6.07, 6.45) is 8.10. The number of carbonyl (C=O) groups is 1. The lowest BCUT2D eigenvalue weighted by Gasteiger charge is -2.28. The van der Waals surface area contributed by atoms with Gasteiger partial charge in [-0.05, 0) is 49.8 Å². The fraction of sp³-hybridized carbons (Fsp3) is 0.500. The number of amides is 1. The molecule has 1 saturated carbocycles. The van der Waals surface area contributed by atoms with E-state index in [2.05, 4.69) is 16.0 Å². The predicted octanol–water partition coefficient (Wildman–Crippen LogP) is 4.58. The van der Waals surface area contributed by atoms with Crippen LogP contribution in [0.1, 0.15) is 49.1 Å². The van der Waals surface area contributed by atoms with Crippen LogP contribution in [0.2, 0.25) is 0 Å². The fourth-order valence-corrected chi connectivity index (χ4v) is 6.70. The molecule has 2 aromatic heterocycles. The van der Waals surface area contributed by atoms with Crippen molar-refractivity contribution in [3.63, 3.8) is 0 Å². The lowest BCUT2D eigenvalue weighted by molar-refractivity contribution is -0.131. The molecule has 5 rings (SSSR count). The normalized spacial score (nSPS) is 16.6. The third-order valence-electron chi connectivity index (χ3n) is 6.20. The Morgan fingerprint density at radius 1 is 1.24 bits per heavy atom. The Balaban J connectivity index is 1.32. The van der Waals surface area contributed by atoms with E-state index >= 15 is 0 Å². The average molecular weight is 427 g/mol. The molecule has 2 heterocycles. The summed E-state index contributed by atoms with van der Waals surface area (Å²) in [5.74, 6) is 0.671. The molecule has 0 N–H and O–H groups in total. The minimum absolute atomic E-state index is 0.221. The number of hydrogen-bond donors (Lipinski definition) is 0. The van der Waals surface area contributed by atoms with Crippen LogP contribution in [-0.2, 0) is 31.2 Å². The summed E-state index contributed by atoms with van der Waals surface area (Å²) < 4.78 is 4.19. The van der Waals surface area contributed by atoms with Gasteiger partial charge in [-0.15, -0.1) is 11.3 Å². The van der Waals surface area contributed by atoms with Crippen molar-refractivity contribution in [1.29, 1.82) is 0 Å². The standard InChI is InChI=1S/C22H26N4OS2/c1-25-19-11-6-9-16(19)18(24-25)13-26(15-7-2-3-8-15)21(27)14-28-22-23-17-10-4-5-12-20(17)29-22/h4-5,10,12,15H,2-3,6-9,11,13-14H2,1H3. The summed E-state index contributed by atoms with van der Waals surface area (Å²) in [7, 11) is 2.04. The quantitative estimate of drug-likeness (QED) is 0.541. The monoisotopic (exact) mass is 426 g/mol. The molecule has 5 nitrogen and oxygen atoms in total. The molecule has 29 heavy (non-hydrogen) atoms. The highest BCUT2D eigenvalue weighted by Gasteiger charge is 2.30. The van der Waals surface area contributed by atoms with E-state index in [1.807, 2.05) is 29.9 Å². The molecule has 1 amide bonds. The molecule has 0 atom stereocenters. The Bertz CT molecular complexity index is 1000. The molecular weight excluding hydrogens is 400 g/mol. The Hall–Kier alpha value is -1.86. The van der Waals surface area contributed by atoms with Crippen molar-refractivity contribution in [3.8, 4) is 0 Å². The van der Waals surface area contributed by atoms with Gasteiger partial charge in [-0.25, -0.2) is 4.98 Å². The Morgan fingerprint density at radius 2 is 2.07 bits per heavy atom. The van der Waals surface area contributed by atoms with Gasteiger partial charge in [0.2, 0.25) is 5.91 Å². The van der Waals surface area contributed by atoms with Gasteiger partial charge in [0, 0.05) is 18.8 Å². The summed E-state index contributed by atoms with van der Waals surface area (Å²) in [4.78, 5) is 20.1. The number of carbonyl (C=O) groups excluding carboxylic acids is 1. The van der Waals surface area contributed by atoms with E-state index in [4.69, 9.17) is 5.10 Å². The lowest BCUT2D eigenvalue weighted by Crippen LogP contribution is -2.39. The Morgan fingerprint density at radius 3 is 2.90 bits per heavy atom. The van der Waals surface area contributed by atoms with Crippen molar-refractivity contribution >= 4 is 39.2 Å². The smallest absolute Gasteiger partial charge is 0.233 e. The van der Waals surface area contributed by atoms with Gasteiger partial charge in [-0.1, -0.05) is 36.7 Å². The van der Waals surface area contributed by atoms with Crippen LogP contribution in [0.3, 0.4) is 0 Å². The minimum Gasteiger partial charge on any atom is -0.333 e. The summed E-state index contributed by atoms with van der Waals surface area (Å²) in [6, 6.07) is 8.52. The third-order valence-corrected chi connectivity index (χ3v) is 8.36. The number of fused-ring (bicyclic) bond motifs is 2. The van der Waals surface area contributed by atoms with Crippen molar-refractivity contribution in [2.75, 3.05) is 5.75 Å². The minimum atomic E-state index is 0.221. The summed E-state index contributed by atoms with van der Waals surface area (Å²) in [5.41, 5.74) is 4.89. The number of hydrogen-bond acceptors (Lipinski definition) is 5.